The molecule has 0 aliphatic carbocycles. The zero-order chi connectivity index (χ0) is 4.99. The van der Waals surface area contributed by atoms with E-state index in [2.05, 4.69) is 17.5 Å². The average Bonchev–Trinajstić information content (AvgIpc) is 1.35. The normalized spacial score (nSPS) is 8.57. The first-order chi connectivity index (χ1) is 2.77. The third-order valence-corrected chi connectivity index (χ3v) is 0.747. The molecule has 7 heavy (non-hydrogen) atoms. The van der Waals surface area contributed by atoms with E-state index in [4.69, 9.17) is 0 Å². The van der Waals surface area contributed by atoms with Gasteiger partial charge in [0.1, 0.15) is 0 Å². The molecule has 0 radical (unpaired) electrons. The SMILES string of the molecule is CN(C)CCS.[Na+]. The number of thiol groups is 1. The van der Waals surface area contributed by atoms with Crippen molar-refractivity contribution < 1.29 is 29.6 Å². The fourth-order valence-corrected chi connectivity index (χ4v) is 0.600. The summed E-state index contributed by atoms with van der Waals surface area (Å²) in [5.74, 6) is 0.951. The number of nitrogens with zero attached hydrogens (tertiary/aromatic N) is 1. The van der Waals surface area contributed by atoms with Crippen LogP contribution in [0.5, 0.6) is 0 Å². The first-order valence-electron chi connectivity index (χ1n) is 2.03. The van der Waals surface area contributed by atoms with Gasteiger partial charge in [-0.3, -0.25) is 0 Å². The van der Waals surface area contributed by atoms with Gasteiger partial charge in [0.25, 0.3) is 0 Å². The van der Waals surface area contributed by atoms with Crippen LogP contribution in [-0.4, -0.2) is 31.3 Å². The smallest absolute Gasteiger partial charge is 0.309 e. The molecule has 38 valence electrons. The summed E-state index contributed by atoms with van der Waals surface area (Å²) in [5, 5.41) is 0. The Kier molecular flexibility index (Phi) is 11.6. The van der Waals surface area contributed by atoms with Gasteiger partial charge >= 0.3 is 29.6 Å². The standard InChI is InChI=1S/C4H11NS.Na/c1-5(2)3-4-6;/h6H,3-4H2,1-2H3;/q;+1. The maximum atomic E-state index is 4.02. The Morgan fingerprint density at radius 3 is 1.86 bits per heavy atom. The van der Waals surface area contributed by atoms with Crippen molar-refractivity contribution in [3.63, 3.8) is 0 Å². The third-order valence-electron chi connectivity index (χ3n) is 0.547. The Labute approximate surface area is 73.2 Å². The van der Waals surface area contributed by atoms with Gasteiger partial charge in [-0.15, -0.1) is 0 Å². The Hall–Kier alpha value is 1.31. The molecule has 0 aliphatic rings. The van der Waals surface area contributed by atoms with Crippen molar-refractivity contribution in [2.75, 3.05) is 26.4 Å². The molecule has 0 heterocycles. The minimum atomic E-state index is 0. The van der Waals surface area contributed by atoms with E-state index in [1.807, 2.05) is 14.1 Å². The minimum absolute atomic E-state index is 0. The first kappa shape index (κ1) is 11.2. The molecule has 0 rings (SSSR count). The third kappa shape index (κ3) is 11.1. The largest absolute Gasteiger partial charge is 1.00 e. The van der Waals surface area contributed by atoms with Gasteiger partial charge in [0.2, 0.25) is 0 Å². The molecule has 0 bridgehead atoms. The molecule has 0 unspecified atom stereocenters. The second-order valence-corrected chi connectivity index (χ2v) is 1.97. The summed E-state index contributed by atoms with van der Waals surface area (Å²) in [4.78, 5) is 2.10. The van der Waals surface area contributed by atoms with Gasteiger partial charge in [-0.25, -0.2) is 0 Å². The summed E-state index contributed by atoms with van der Waals surface area (Å²) in [6, 6.07) is 0. The van der Waals surface area contributed by atoms with Crippen LogP contribution in [0.25, 0.3) is 0 Å². The van der Waals surface area contributed by atoms with Crippen molar-refractivity contribution in [2.24, 2.45) is 0 Å². The fourth-order valence-electron chi connectivity index (χ4n) is 0.200. The fraction of sp³-hybridized carbons (Fsp3) is 1.00. The van der Waals surface area contributed by atoms with E-state index in [1.54, 1.807) is 0 Å². The summed E-state index contributed by atoms with van der Waals surface area (Å²) in [6.07, 6.45) is 0. The Morgan fingerprint density at radius 1 is 1.43 bits per heavy atom. The maximum absolute atomic E-state index is 4.02. The Bertz CT molecular complexity index is 32.9. The van der Waals surface area contributed by atoms with Gasteiger partial charge in [0.05, 0.1) is 0 Å². The van der Waals surface area contributed by atoms with Crippen LogP contribution in [0.2, 0.25) is 0 Å². The molecule has 0 N–H and O–H groups in total. The van der Waals surface area contributed by atoms with Crippen molar-refractivity contribution in [3.05, 3.63) is 0 Å². The second kappa shape index (κ2) is 7.31. The number of hydrogen-bond donors (Lipinski definition) is 1. The van der Waals surface area contributed by atoms with Crippen LogP contribution in [0.15, 0.2) is 0 Å². The summed E-state index contributed by atoms with van der Waals surface area (Å²) < 4.78 is 0. The second-order valence-electron chi connectivity index (χ2n) is 1.53. The van der Waals surface area contributed by atoms with Gasteiger partial charge < -0.3 is 4.90 Å². The van der Waals surface area contributed by atoms with Crippen LogP contribution >= 0.6 is 12.6 Å². The molecule has 0 aromatic heterocycles. The summed E-state index contributed by atoms with van der Waals surface area (Å²) in [7, 11) is 4.08. The van der Waals surface area contributed by atoms with E-state index in [0.717, 1.165) is 12.3 Å². The molecule has 0 saturated carbocycles. The predicted octanol–water partition coefficient (Wildman–Crippen LogP) is -2.52. The molecule has 0 saturated heterocycles. The van der Waals surface area contributed by atoms with Crippen molar-refractivity contribution in [1.82, 2.24) is 4.90 Å². The monoisotopic (exact) mass is 128 g/mol. The van der Waals surface area contributed by atoms with E-state index in [9.17, 15) is 0 Å². The molecule has 0 aromatic rings. The van der Waals surface area contributed by atoms with Crippen molar-refractivity contribution >= 4 is 12.6 Å². The molecular formula is C4H11NNaS+. The molecule has 0 spiro atoms. The average molecular weight is 128 g/mol. The van der Waals surface area contributed by atoms with Crippen LogP contribution in [0, 0.1) is 0 Å². The molecule has 0 aromatic carbocycles. The summed E-state index contributed by atoms with van der Waals surface area (Å²) in [6.45, 7) is 1.07. The Morgan fingerprint density at radius 2 is 1.86 bits per heavy atom. The number of hydrogen-bond acceptors (Lipinski definition) is 2. The maximum Gasteiger partial charge on any atom is 1.00 e. The molecule has 0 fully saturated rings. The van der Waals surface area contributed by atoms with Gasteiger partial charge in [0, 0.05) is 12.3 Å². The number of rotatable bonds is 2. The molecule has 3 heteroatoms. The van der Waals surface area contributed by atoms with Crippen molar-refractivity contribution in [2.45, 2.75) is 0 Å². The summed E-state index contributed by atoms with van der Waals surface area (Å²) >= 11 is 4.02. The van der Waals surface area contributed by atoms with E-state index in [-0.39, 0.29) is 29.6 Å². The minimum Gasteiger partial charge on any atom is -0.309 e. The summed E-state index contributed by atoms with van der Waals surface area (Å²) in [5.41, 5.74) is 0. The topological polar surface area (TPSA) is 3.24 Å². The van der Waals surface area contributed by atoms with Crippen LogP contribution in [0.3, 0.4) is 0 Å². The van der Waals surface area contributed by atoms with Crippen LogP contribution in [0.4, 0.5) is 0 Å². The quantitative estimate of drug-likeness (QED) is 0.317. The van der Waals surface area contributed by atoms with Crippen LogP contribution in [-0.2, 0) is 0 Å². The predicted molar refractivity (Wildman–Crippen MR) is 32.4 cm³/mol. The molecule has 0 atom stereocenters. The van der Waals surface area contributed by atoms with E-state index < -0.39 is 0 Å². The van der Waals surface area contributed by atoms with Crippen molar-refractivity contribution in [3.8, 4) is 0 Å². The van der Waals surface area contributed by atoms with Gasteiger partial charge in [0.15, 0.2) is 0 Å². The molecular weight excluding hydrogens is 117 g/mol. The molecule has 0 aliphatic heterocycles. The first-order valence-corrected chi connectivity index (χ1v) is 2.66. The Balaban J connectivity index is 0. The van der Waals surface area contributed by atoms with Crippen LogP contribution in [0.1, 0.15) is 0 Å². The zero-order valence-electron chi connectivity index (χ0n) is 5.31. The van der Waals surface area contributed by atoms with E-state index in [1.165, 1.54) is 0 Å². The van der Waals surface area contributed by atoms with E-state index in [0.29, 0.717) is 0 Å². The zero-order valence-corrected chi connectivity index (χ0v) is 8.20. The van der Waals surface area contributed by atoms with Crippen molar-refractivity contribution in [1.29, 1.82) is 0 Å². The van der Waals surface area contributed by atoms with Gasteiger partial charge in [-0.05, 0) is 14.1 Å². The van der Waals surface area contributed by atoms with Crippen LogP contribution < -0.4 is 29.6 Å². The van der Waals surface area contributed by atoms with Gasteiger partial charge in [-0.2, -0.15) is 12.6 Å². The molecule has 1 nitrogen and oxygen atoms in total. The van der Waals surface area contributed by atoms with E-state index >= 15 is 0 Å². The molecule has 0 amide bonds. The van der Waals surface area contributed by atoms with Gasteiger partial charge in [-0.1, -0.05) is 0 Å².